The fraction of sp³-hybridized carbons (Fsp3) is 0.533. The fourth-order valence-electron chi connectivity index (χ4n) is 1.86. The van der Waals surface area contributed by atoms with Crippen molar-refractivity contribution in [1.29, 1.82) is 0 Å². The largest absolute Gasteiger partial charge is 0.383 e. The minimum Gasteiger partial charge on any atom is -0.383 e. The Hall–Kier alpha value is -1.31. The van der Waals surface area contributed by atoms with E-state index in [-0.39, 0.29) is 5.78 Å². The summed E-state index contributed by atoms with van der Waals surface area (Å²) in [4.78, 5) is 11.1. The summed E-state index contributed by atoms with van der Waals surface area (Å²) >= 11 is 0. The Bertz CT molecular complexity index is 342. The first-order valence-corrected chi connectivity index (χ1v) is 6.51. The Morgan fingerprint density at radius 1 is 1.24 bits per heavy atom. The Morgan fingerprint density at radius 2 is 1.88 bits per heavy atom. The average Bonchev–Trinajstić information content (AvgIpc) is 2.30. The molecule has 1 N–H and O–H groups in total. The van der Waals surface area contributed by atoms with Gasteiger partial charge in [-0.1, -0.05) is 26.2 Å². The topological polar surface area (TPSA) is 29.1 Å². The van der Waals surface area contributed by atoms with Crippen molar-refractivity contribution in [1.82, 2.24) is 0 Å². The van der Waals surface area contributed by atoms with Crippen molar-refractivity contribution in [3.8, 4) is 0 Å². The molecule has 0 saturated heterocycles. The Morgan fingerprint density at radius 3 is 2.41 bits per heavy atom. The molecular formula is C15H23NO. The number of Topliss-reactive ketones (excluding diaryl/α,β-unsaturated/α-hetero) is 1. The first kappa shape index (κ1) is 13.8. The molecule has 1 aromatic carbocycles. The van der Waals surface area contributed by atoms with Gasteiger partial charge in [0.05, 0.1) is 0 Å². The predicted molar refractivity (Wildman–Crippen MR) is 73.7 cm³/mol. The maximum atomic E-state index is 11.1. The van der Waals surface area contributed by atoms with Gasteiger partial charge in [-0.25, -0.2) is 0 Å². The summed E-state index contributed by atoms with van der Waals surface area (Å²) in [7, 11) is 0. The van der Waals surface area contributed by atoms with Gasteiger partial charge in [-0.2, -0.15) is 0 Å². The quantitative estimate of drug-likeness (QED) is 0.563. The highest BCUT2D eigenvalue weighted by atomic mass is 16.1. The van der Waals surface area contributed by atoms with Crippen molar-refractivity contribution in [2.45, 2.75) is 52.5 Å². The van der Waals surface area contributed by atoms with Crippen LogP contribution in [0.15, 0.2) is 24.3 Å². The molecule has 1 rings (SSSR count). The van der Waals surface area contributed by atoms with Crippen LogP contribution in [0.4, 0.5) is 5.69 Å². The van der Waals surface area contributed by atoms with Crippen LogP contribution < -0.4 is 5.32 Å². The molecule has 0 aliphatic rings. The normalized spacial score (nSPS) is 12.2. The summed E-state index contributed by atoms with van der Waals surface area (Å²) in [6.45, 7) is 6.02. The summed E-state index contributed by atoms with van der Waals surface area (Å²) in [6, 6.07) is 8.21. The van der Waals surface area contributed by atoms with Crippen molar-refractivity contribution < 1.29 is 4.79 Å². The molecule has 17 heavy (non-hydrogen) atoms. The molecule has 0 heterocycles. The van der Waals surface area contributed by atoms with Gasteiger partial charge in [0.1, 0.15) is 0 Å². The third-order valence-corrected chi connectivity index (χ3v) is 2.95. The van der Waals surface area contributed by atoms with Crippen molar-refractivity contribution in [3.05, 3.63) is 29.8 Å². The number of hydrogen-bond acceptors (Lipinski definition) is 2. The van der Waals surface area contributed by atoms with E-state index in [9.17, 15) is 4.79 Å². The Labute approximate surface area is 104 Å². The van der Waals surface area contributed by atoms with E-state index in [4.69, 9.17) is 0 Å². The van der Waals surface area contributed by atoms with Crippen LogP contribution in [-0.2, 0) is 0 Å². The van der Waals surface area contributed by atoms with Gasteiger partial charge in [-0.05, 0) is 44.5 Å². The molecule has 1 aromatic rings. The molecule has 0 fully saturated rings. The SMILES string of the molecule is CCCCCC(C)Nc1ccc(C(C)=O)cc1. The summed E-state index contributed by atoms with van der Waals surface area (Å²) in [5.74, 6) is 0.118. The molecule has 0 aliphatic heterocycles. The summed E-state index contributed by atoms with van der Waals surface area (Å²) < 4.78 is 0. The second kappa shape index (κ2) is 7.10. The number of anilines is 1. The lowest BCUT2D eigenvalue weighted by Crippen LogP contribution is -2.14. The highest BCUT2D eigenvalue weighted by Crippen LogP contribution is 2.13. The van der Waals surface area contributed by atoms with E-state index >= 15 is 0 Å². The van der Waals surface area contributed by atoms with Crippen LogP contribution in [0.1, 0.15) is 56.8 Å². The van der Waals surface area contributed by atoms with Crippen LogP contribution in [0.2, 0.25) is 0 Å². The molecule has 0 spiro atoms. The summed E-state index contributed by atoms with van der Waals surface area (Å²) in [6.07, 6.45) is 5.04. The van der Waals surface area contributed by atoms with Gasteiger partial charge >= 0.3 is 0 Å². The average molecular weight is 233 g/mol. The van der Waals surface area contributed by atoms with Gasteiger partial charge < -0.3 is 5.32 Å². The van der Waals surface area contributed by atoms with Gasteiger partial charge in [0.25, 0.3) is 0 Å². The molecule has 1 unspecified atom stereocenters. The van der Waals surface area contributed by atoms with Crippen LogP contribution in [0.3, 0.4) is 0 Å². The number of rotatable bonds is 7. The molecule has 0 amide bonds. The van der Waals surface area contributed by atoms with E-state index in [2.05, 4.69) is 19.2 Å². The van der Waals surface area contributed by atoms with E-state index in [0.29, 0.717) is 6.04 Å². The van der Waals surface area contributed by atoms with Crippen LogP contribution in [0.5, 0.6) is 0 Å². The van der Waals surface area contributed by atoms with Crippen LogP contribution >= 0.6 is 0 Å². The monoisotopic (exact) mass is 233 g/mol. The highest BCUT2D eigenvalue weighted by molar-refractivity contribution is 5.94. The van der Waals surface area contributed by atoms with Crippen LogP contribution in [0, 0.1) is 0 Å². The van der Waals surface area contributed by atoms with E-state index in [0.717, 1.165) is 11.3 Å². The molecule has 0 saturated carbocycles. The Balaban J connectivity index is 2.43. The molecule has 1 atom stereocenters. The minimum absolute atomic E-state index is 0.118. The number of carbonyl (C=O) groups excluding carboxylic acids is 1. The zero-order valence-corrected chi connectivity index (χ0v) is 11.1. The molecule has 0 aliphatic carbocycles. The van der Waals surface area contributed by atoms with Gasteiger partial charge in [0.15, 0.2) is 5.78 Å². The van der Waals surface area contributed by atoms with Crippen molar-refractivity contribution >= 4 is 11.5 Å². The summed E-state index contributed by atoms with van der Waals surface area (Å²) in [5, 5.41) is 3.46. The van der Waals surface area contributed by atoms with Gasteiger partial charge in [0, 0.05) is 17.3 Å². The maximum absolute atomic E-state index is 11.1. The third-order valence-electron chi connectivity index (χ3n) is 2.95. The zero-order valence-electron chi connectivity index (χ0n) is 11.1. The number of carbonyl (C=O) groups is 1. The lowest BCUT2D eigenvalue weighted by molar-refractivity contribution is 0.101. The van der Waals surface area contributed by atoms with Gasteiger partial charge in [0.2, 0.25) is 0 Å². The first-order chi connectivity index (χ1) is 8.13. The second-order valence-electron chi connectivity index (χ2n) is 4.67. The molecule has 0 bridgehead atoms. The van der Waals surface area contributed by atoms with E-state index < -0.39 is 0 Å². The fourth-order valence-corrected chi connectivity index (χ4v) is 1.86. The number of nitrogens with one attached hydrogen (secondary N) is 1. The van der Waals surface area contributed by atoms with Crippen molar-refractivity contribution in [2.75, 3.05) is 5.32 Å². The number of unbranched alkanes of at least 4 members (excludes halogenated alkanes) is 2. The highest BCUT2D eigenvalue weighted by Gasteiger charge is 2.03. The lowest BCUT2D eigenvalue weighted by atomic mass is 10.1. The van der Waals surface area contributed by atoms with Crippen molar-refractivity contribution in [3.63, 3.8) is 0 Å². The predicted octanol–water partition coefficient (Wildman–Crippen LogP) is 4.27. The van der Waals surface area contributed by atoms with Gasteiger partial charge in [-0.15, -0.1) is 0 Å². The second-order valence-corrected chi connectivity index (χ2v) is 4.67. The third kappa shape index (κ3) is 5.03. The number of ketones is 1. The maximum Gasteiger partial charge on any atom is 0.159 e. The minimum atomic E-state index is 0.118. The standard InChI is InChI=1S/C15H23NO/c1-4-5-6-7-12(2)16-15-10-8-14(9-11-15)13(3)17/h8-12,16H,4-7H2,1-3H3. The van der Waals surface area contributed by atoms with Gasteiger partial charge in [-0.3, -0.25) is 4.79 Å². The summed E-state index contributed by atoms with van der Waals surface area (Å²) in [5.41, 5.74) is 1.87. The van der Waals surface area contributed by atoms with E-state index in [1.54, 1.807) is 6.92 Å². The molecule has 94 valence electrons. The molecule has 2 heteroatoms. The van der Waals surface area contributed by atoms with Crippen molar-refractivity contribution in [2.24, 2.45) is 0 Å². The lowest BCUT2D eigenvalue weighted by Gasteiger charge is -2.15. The zero-order chi connectivity index (χ0) is 12.7. The number of hydrogen-bond donors (Lipinski definition) is 1. The molecule has 0 aromatic heterocycles. The molecule has 0 radical (unpaired) electrons. The first-order valence-electron chi connectivity index (χ1n) is 6.51. The van der Waals surface area contributed by atoms with Crippen LogP contribution in [-0.4, -0.2) is 11.8 Å². The van der Waals surface area contributed by atoms with Crippen LogP contribution in [0.25, 0.3) is 0 Å². The number of benzene rings is 1. The molecular weight excluding hydrogens is 210 g/mol. The Kier molecular flexibility index (Phi) is 5.75. The molecule has 2 nitrogen and oxygen atoms in total. The van der Waals surface area contributed by atoms with E-state index in [1.807, 2.05) is 24.3 Å². The van der Waals surface area contributed by atoms with E-state index in [1.165, 1.54) is 25.7 Å². The smallest absolute Gasteiger partial charge is 0.159 e.